The normalized spacial score (nSPS) is 19.7. The molecule has 2 fully saturated rings. The van der Waals surface area contributed by atoms with Gasteiger partial charge < -0.3 is 15.3 Å². The third-order valence-corrected chi connectivity index (χ3v) is 9.29. The molecule has 3 N–H and O–H groups in total. The molecule has 3 aromatic rings. The molecule has 2 atom stereocenters. The summed E-state index contributed by atoms with van der Waals surface area (Å²) in [4.78, 5) is 53.5. The van der Waals surface area contributed by atoms with E-state index in [1.807, 2.05) is 0 Å². The predicted molar refractivity (Wildman–Crippen MR) is 172 cm³/mol. The Balaban J connectivity index is 1.06. The topological polar surface area (TPSA) is 161 Å². The molecule has 50 heavy (non-hydrogen) atoms. The van der Waals surface area contributed by atoms with E-state index in [4.69, 9.17) is 5.26 Å². The van der Waals surface area contributed by atoms with Gasteiger partial charge in [-0.15, -0.1) is 0 Å². The van der Waals surface area contributed by atoms with Crippen LogP contribution < -0.4 is 15.5 Å². The van der Waals surface area contributed by atoms with Gasteiger partial charge in [0.25, 0.3) is 11.8 Å². The maximum Gasteiger partial charge on any atom is 0.417 e. The summed E-state index contributed by atoms with van der Waals surface area (Å²) in [6, 6.07) is 8.52. The number of imide groups is 1. The molecule has 3 aliphatic heterocycles. The van der Waals surface area contributed by atoms with Gasteiger partial charge in [-0.2, -0.15) is 23.5 Å². The average molecular weight is 688 g/mol. The molecule has 0 spiro atoms. The molecule has 0 radical (unpaired) electrons. The summed E-state index contributed by atoms with van der Waals surface area (Å²) in [7, 11) is 0. The van der Waals surface area contributed by atoms with Crippen molar-refractivity contribution >= 4 is 35.0 Å². The Kier molecular flexibility index (Phi) is 8.88. The van der Waals surface area contributed by atoms with Crippen LogP contribution in [0.25, 0.3) is 0 Å². The van der Waals surface area contributed by atoms with Crippen molar-refractivity contribution in [2.45, 2.75) is 63.5 Å². The number of nitriles is 1. The van der Waals surface area contributed by atoms with Gasteiger partial charge in [0, 0.05) is 54.0 Å². The molecule has 2 saturated heterocycles. The van der Waals surface area contributed by atoms with E-state index in [9.17, 15) is 37.5 Å². The van der Waals surface area contributed by atoms with Crippen molar-refractivity contribution in [3.8, 4) is 17.9 Å². The summed E-state index contributed by atoms with van der Waals surface area (Å²) in [5.74, 6) is 4.36. The number of piperidine rings is 2. The van der Waals surface area contributed by atoms with Crippen molar-refractivity contribution in [3.63, 3.8) is 0 Å². The number of carbonyl (C=O) groups is 4. The van der Waals surface area contributed by atoms with Crippen LogP contribution in [0, 0.1) is 29.1 Å². The summed E-state index contributed by atoms with van der Waals surface area (Å²) in [5.41, 5.74) is -1.03. The van der Waals surface area contributed by atoms with Crippen LogP contribution in [-0.4, -0.2) is 62.5 Å². The number of fused-ring (bicyclic) bond motifs is 1. The lowest BCUT2D eigenvalue weighted by Gasteiger charge is -2.31. The number of carbonyl (C=O) groups excluding carboxylic acids is 4. The molecule has 4 heterocycles. The van der Waals surface area contributed by atoms with Crippen molar-refractivity contribution in [1.82, 2.24) is 20.0 Å². The van der Waals surface area contributed by atoms with Crippen molar-refractivity contribution in [1.29, 1.82) is 5.26 Å². The molecule has 3 aliphatic rings. The summed E-state index contributed by atoms with van der Waals surface area (Å²) in [6.45, 7) is 4.49. The van der Waals surface area contributed by atoms with E-state index >= 15 is 0 Å². The minimum atomic E-state index is -4.76. The molecule has 12 nitrogen and oxygen atoms in total. The van der Waals surface area contributed by atoms with Gasteiger partial charge in [-0.1, -0.05) is 17.9 Å². The zero-order chi connectivity index (χ0) is 36.0. The third kappa shape index (κ3) is 6.52. The number of aliphatic hydroxyl groups is 1. The van der Waals surface area contributed by atoms with Crippen molar-refractivity contribution in [3.05, 3.63) is 76.6 Å². The molecule has 258 valence electrons. The zero-order valence-corrected chi connectivity index (χ0v) is 27.0. The van der Waals surface area contributed by atoms with Crippen LogP contribution in [0.5, 0.6) is 0 Å². The number of hydrogen-bond donors (Lipinski definition) is 3. The SMILES string of the molecule is CC(C)(C(=O)Nc1ccc(C#N)c(C(F)(F)F)c1)n1cc(N2CCC(C#Cc3ccc4c(c3)C(=O)N(C3CCC(=O)NC3=O)C4O)CC2)cn1. The summed E-state index contributed by atoms with van der Waals surface area (Å²) in [6.07, 6.45) is -1.05. The number of benzene rings is 2. The number of nitrogens with zero attached hydrogens (tertiary/aromatic N) is 5. The van der Waals surface area contributed by atoms with Gasteiger partial charge in [-0.3, -0.25) is 34.1 Å². The van der Waals surface area contributed by atoms with E-state index in [0.717, 1.165) is 35.6 Å². The zero-order valence-electron chi connectivity index (χ0n) is 27.0. The molecule has 0 bridgehead atoms. The lowest BCUT2D eigenvalue weighted by atomic mass is 9.96. The van der Waals surface area contributed by atoms with Crippen molar-refractivity contribution in [2.75, 3.05) is 23.3 Å². The van der Waals surface area contributed by atoms with E-state index in [1.165, 1.54) is 16.8 Å². The van der Waals surface area contributed by atoms with Crippen LogP contribution >= 0.6 is 0 Å². The van der Waals surface area contributed by atoms with Gasteiger partial charge in [0.2, 0.25) is 11.8 Å². The average Bonchev–Trinajstić information content (AvgIpc) is 3.67. The Bertz CT molecular complexity index is 2000. The van der Waals surface area contributed by atoms with Gasteiger partial charge in [0.05, 0.1) is 29.1 Å². The van der Waals surface area contributed by atoms with Crippen LogP contribution in [0.15, 0.2) is 48.8 Å². The lowest BCUT2D eigenvalue weighted by molar-refractivity contribution is -0.140. The maximum absolute atomic E-state index is 13.4. The molecule has 6 rings (SSSR count). The van der Waals surface area contributed by atoms with E-state index in [0.29, 0.717) is 24.2 Å². The fourth-order valence-corrected chi connectivity index (χ4v) is 6.30. The second kappa shape index (κ2) is 13.0. The van der Waals surface area contributed by atoms with Crippen LogP contribution in [0.2, 0.25) is 0 Å². The molecule has 4 amide bonds. The van der Waals surface area contributed by atoms with Crippen LogP contribution in [-0.2, 0) is 26.1 Å². The standard InChI is InChI=1S/C35H32F3N7O5/c1-34(2,33(50)41-23-7-6-22(17-39)27(16-23)35(36,37)38)44-19-24(18-40-44)43-13-11-20(12-14-43)3-4-21-5-8-25-26(15-21)32(49)45(31(25)48)28-9-10-29(46)42-30(28)47/h5-8,15-16,18-20,28,31,48H,9-14H2,1-2H3,(H,41,50)(H,42,46,47). The minimum absolute atomic E-state index is 0.0621. The highest BCUT2D eigenvalue weighted by Crippen LogP contribution is 2.36. The van der Waals surface area contributed by atoms with Gasteiger partial charge in [0.1, 0.15) is 11.6 Å². The molecule has 0 saturated carbocycles. The number of amides is 4. The molecular weight excluding hydrogens is 655 g/mol. The summed E-state index contributed by atoms with van der Waals surface area (Å²) >= 11 is 0. The summed E-state index contributed by atoms with van der Waals surface area (Å²) < 4.78 is 41.7. The largest absolute Gasteiger partial charge is 0.417 e. The first-order valence-electron chi connectivity index (χ1n) is 15.9. The van der Waals surface area contributed by atoms with Crippen LogP contribution in [0.3, 0.4) is 0 Å². The molecular formula is C35H32F3N7O5. The molecule has 2 unspecified atom stereocenters. The highest BCUT2D eigenvalue weighted by molar-refractivity contribution is 6.05. The van der Waals surface area contributed by atoms with E-state index < -0.39 is 58.7 Å². The number of hydrogen-bond acceptors (Lipinski definition) is 8. The minimum Gasteiger partial charge on any atom is -0.369 e. The second-order valence-electron chi connectivity index (χ2n) is 12.9. The Labute approximate surface area is 284 Å². The maximum atomic E-state index is 13.4. The molecule has 2 aromatic carbocycles. The van der Waals surface area contributed by atoms with E-state index in [-0.39, 0.29) is 30.0 Å². The Morgan fingerprint density at radius 2 is 1.82 bits per heavy atom. The fourth-order valence-electron chi connectivity index (χ4n) is 6.30. The first-order valence-corrected chi connectivity index (χ1v) is 15.9. The first kappa shape index (κ1) is 34.2. The van der Waals surface area contributed by atoms with E-state index in [1.54, 1.807) is 44.4 Å². The smallest absolute Gasteiger partial charge is 0.369 e. The highest BCUT2D eigenvalue weighted by atomic mass is 19.4. The van der Waals surface area contributed by atoms with Gasteiger partial charge in [0.15, 0.2) is 6.23 Å². The Hall–Kier alpha value is -5.67. The lowest BCUT2D eigenvalue weighted by Crippen LogP contribution is -2.53. The molecule has 15 heteroatoms. The van der Waals surface area contributed by atoms with Crippen LogP contribution in [0.1, 0.15) is 78.4 Å². The Morgan fingerprint density at radius 1 is 1.08 bits per heavy atom. The van der Waals surface area contributed by atoms with Crippen molar-refractivity contribution in [2.24, 2.45) is 5.92 Å². The quantitative estimate of drug-likeness (QED) is 0.271. The van der Waals surface area contributed by atoms with E-state index in [2.05, 4.69) is 32.5 Å². The van der Waals surface area contributed by atoms with Crippen molar-refractivity contribution < 1.29 is 37.5 Å². The molecule has 1 aromatic heterocycles. The number of alkyl halides is 3. The van der Waals surface area contributed by atoms with Gasteiger partial charge in [-0.05, 0) is 63.4 Å². The predicted octanol–water partition coefficient (Wildman–Crippen LogP) is 3.67. The second-order valence-corrected chi connectivity index (χ2v) is 12.9. The number of aliphatic hydroxyl groups excluding tert-OH is 1. The summed E-state index contributed by atoms with van der Waals surface area (Å²) in [5, 5.41) is 28.9. The first-order chi connectivity index (χ1) is 23.7. The third-order valence-electron chi connectivity index (χ3n) is 9.29. The van der Waals surface area contributed by atoms with Gasteiger partial charge >= 0.3 is 6.18 Å². The number of halogens is 3. The fraction of sp³-hybridized carbons (Fsp3) is 0.371. The molecule has 0 aliphatic carbocycles. The Morgan fingerprint density at radius 3 is 2.50 bits per heavy atom. The number of anilines is 2. The number of aromatic nitrogens is 2. The number of nitrogens with one attached hydrogen (secondary N) is 2. The highest BCUT2D eigenvalue weighted by Gasteiger charge is 2.44. The monoisotopic (exact) mass is 687 g/mol. The number of rotatable bonds is 5. The van der Waals surface area contributed by atoms with Gasteiger partial charge in [-0.25, -0.2) is 0 Å². The van der Waals surface area contributed by atoms with Crippen LogP contribution in [0.4, 0.5) is 24.5 Å².